The average Bonchev–Trinajstić information content (AvgIpc) is 3.22. The fourth-order valence-electron chi connectivity index (χ4n) is 4.01. The molecule has 0 radical (unpaired) electrons. The van der Waals surface area contributed by atoms with E-state index in [4.69, 9.17) is 14.2 Å². The van der Waals surface area contributed by atoms with E-state index in [-0.39, 0.29) is 18.0 Å². The van der Waals surface area contributed by atoms with E-state index in [0.29, 0.717) is 12.5 Å². The maximum atomic E-state index is 6.36. The van der Waals surface area contributed by atoms with Crippen molar-refractivity contribution in [1.82, 2.24) is 0 Å². The predicted molar refractivity (Wildman–Crippen MR) is 88.9 cm³/mol. The van der Waals surface area contributed by atoms with Gasteiger partial charge in [0.2, 0.25) is 0 Å². The molecule has 1 heterocycles. The third kappa shape index (κ3) is 3.52. The molecule has 23 heavy (non-hydrogen) atoms. The van der Waals surface area contributed by atoms with E-state index in [1.54, 1.807) is 0 Å². The molecular weight excluding hydrogens is 288 g/mol. The van der Waals surface area contributed by atoms with E-state index < -0.39 is 0 Å². The molecule has 1 aromatic rings. The fraction of sp³-hybridized carbons (Fsp3) is 0.600. The minimum Gasteiger partial charge on any atom is -0.369 e. The maximum absolute atomic E-state index is 6.36. The summed E-state index contributed by atoms with van der Waals surface area (Å²) in [6, 6.07) is 10.4. The van der Waals surface area contributed by atoms with Crippen molar-refractivity contribution in [1.29, 1.82) is 0 Å². The monoisotopic (exact) mass is 314 g/mol. The summed E-state index contributed by atoms with van der Waals surface area (Å²) in [5, 5.41) is 0. The van der Waals surface area contributed by atoms with Crippen LogP contribution in [0.3, 0.4) is 0 Å². The van der Waals surface area contributed by atoms with E-state index in [1.807, 2.05) is 6.07 Å². The highest BCUT2D eigenvalue weighted by atomic mass is 16.7. The molecule has 1 spiro atoms. The molecule has 1 aromatic carbocycles. The van der Waals surface area contributed by atoms with Crippen LogP contribution in [0.15, 0.2) is 42.5 Å². The number of hydrogen-bond acceptors (Lipinski definition) is 3. The van der Waals surface area contributed by atoms with Crippen LogP contribution in [0.5, 0.6) is 0 Å². The zero-order valence-electron chi connectivity index (χ0n) is 13.7. The molecule has 0 unspecified atom stereocenters. The summed E-state index contributed by atoms with van der Waals surface area (Å²) in [5.41, 5.74) is 1.23. The maximum Gasteiger partial charge on any atom is 0.168 e. The van der Waals surface area contributed by atoms with Crippen LogP contribution in [-0.2, 0) is 20.8 Å². The van der Waals surface area contributed by atoms with Gasteiger partial charge in [0.05, 0.1) is 25.4 Å². The van der Waals surface area contributed by atoms with Gasteiger partial charge in [-0.15, -0.1) is 0 Å². The Hall–Kier alpha value is -1.16. The lowest BCUT2D eigenvalue weighted by atomic mass is 9.94. The summed E-state index contributed by atoms with van der Waals surface area (Å²) < 4.78 is 18.5. The van der Waals surface area contributed by atoms with Crippen LogP contribution in [-0.4, -0.2) is 24.6 Å². The molecule has 4 rings (SSSR count). The molecule has 3 atom stereocenters. The normalized spacial score (nSPS) is 32.6. The van der Waals surface area contributed by atoms with Crippen molar-refractivity contribution in [2.24, 2.45) is 5.92 Å². The molecule has 3 nitrogen and oxygen atoms in total. The van der Waals surface area contributed by atoms with Gasteiger partial charge in [-0.05, 0) is 24.8 Å². The number of hydrogen-bond donors (Lipinski definition) is 0. The Balaban J connectivity index is 1.27. The zero-order chi connectivity index (χ0) is 15.5. The van der Waals surface area contributed by atoms with Crippen molar-refractivity contribution in [2.75, 3.05) is 6.61 Å². The Labute approximate surface area is 138 Å². The summed E-state index contributed by atoms with van der Waals surface area (Å²) in [6.07, 6.45) is 11.8. The third-order valence-electron chi connectivity index (χ3n) is 5.35. The van der Waals surface area contributed by atoms with Gasteiger partial charge in [0.1, 0.15) is 0 Å². The summed E-state index contributed by atoms with van der Waals surface area (Å²) in [6.45, 7) is 1.41. The van der Waals surface area contributed by atoms with Gasteiger partial charge in [0.15, 0.2) is 5.79 Å². The van der Waals surface area contributed by atoms with Crippen molar-refractivity contribution in [3.63, 3.8) is 0 Å². The van der Waals surface area contributed by atoms with Gasteiger partial charge in [-0.2, -0.15) is 0 Å². The van der Waals surface area contributed by atoms with Crippen molar-refractivity contribution in [2.45, 2.75) is 63.1 Å². The van der Waals surface area contributed by atoms with E-state index >= 15 is 0 Å². The quantitative estimate of drug-likeness (QED) is 0.779. The summed E-state index contributed by atoms with van der Waals surface area (Å²) in [4.78, 5) is 0. The van der Waals surface area contributed by atoms with Gasteiger partial charge in [-0.1, -0.05) is 48.9 Å². The first-order valence-electron chi connectivity index (χ1n) is 8.99. The highest BCUT2D eigenvalue weighted by Crippen LogP contribution is 2.41. The summed E-state index contributed by atoms with van der Waals surface area (Å²) in [7, 11) is 0. The molecule has 1 saturated carbocycles. The topological polar surface area (TPSA) is 27.7 Å². The number of benzene rings is 1. The Morgan fingerprint density at radius 2 is 1.87 bits per heavy atom. The van der Waals surface area contributed by atoms with Crippen molar-refractivity contribution < 1.29 is 14.2 Å². The van der Waals surface area contributed by atoms with Crippen molar-refractivity contribution >= 4 is 0 Å². The molecular formula is C20H26O3. The van der Waals surface area contributed by atoms with Gasteiger partial charge >= 0.3 is 0 Å². The molecule has 124 valence electrons. The number of rotatable bonds is 4. The van der Waals surface area contributed by atoms with Crippen molar-refractivity contribution in [3.05, 3.63) is 48.0 Å². The SMILES string of the molecule is C1=C[C@H]([C@H]2COC3(CCCCC3)O2)C[C@@H]1OCc1ccccc1. The fourth-order valence-corrected chi connectivity index (χ4v) is 4.01. The standard InChI is InChI=1S/C20H26O3/c1-3-7-16(8-4-1)14-21-18-10-9-17(13-18)19-15-22-20(23-19)11-5-2-6-12-20/h1,3-4,7-10,17-19H,2,5-6,11-15H2/t17-,18+,19+/m0/s1. The zero-order valence-corrected chi connectivity index (χ0v) is 13.7. The van der Waals surface area contributed by atoms with Gasteiger partial charge in [-0.25, -0.2) is 0 Å². The molecule has 0 amide bonds. The van der Waals surface area contributed by atoms with Crippen LogP contribution < -0.4 is 0 Å². The second-order valence-electron chi connectivity index (χ2n) is 7.06. The van der Waals surface area contributed by atoms with Crippen LogP contribution >= 0.6 is 0 Å². The lowest BCUT2D eigenvalue weighted by molar-refractivity contribution is -0.190. The van der Waals surface area contributed by atoms with Crippen LogP contribution in [0.25, 0.3) is 0 Å². The Morgan fingerprint density at radius 1 is 1.04 bits per heavy atom. The minimum atomic E-state index is -0.264. The third-order valence-corrected chi connectivity index (χ3v) is 5.35. The molecule has 0 bridgehead atoms. The molecule has 2 fully saturated rings. The van der Waals surface area contributed by atoms with Crippen molar-refractivity contribution in [3.8, 4) is 0 Å². The molecule has 3 aliphatic rings. The second-order valence-corrected chi connectivity index (χ2v) is 7.06. The summed E-state index contributed by atoms with van der Waals surface area (Å²) >= 11 is 0. The first kappa shape index (κ1) is 15.4. The minimum absolute atomic E-state index is 0.201. The first-order valence-corrected chi connectivity index (χ1v) is 8.99. The van der Waals surface area contributed by atoms with E-state index in [9.17, 15) is 0 Å². The van der Waals surface area contributed by atoms with Crippen LogP contribution in [0.2, 0.25) is 0 Å². The lowest BCUT2D eigenvalue weighted by Gasteiger charge is -2.32. The van der Waals surface area contributed by atoms with Crippen LogP contribution in [0.1, 0.15) is 44.1 Å². The van der Waals surface area contributed by atoms with Gasteiger partial charge < -0.3 is 14.2 Å². The van der Waals surface area contributed by atoms with E-state index in [1.165, 1.54) is 24.8 Å². The van der Waals surface area contributed by atoms with Gasteiger partial charge in [0.25, 0.3) is 0 Å². The molecule has 1 saturated heterocycles. The molecule has 0 aromatic heterocycles. The van der Waals surface area contributed by atoms with Crippen LogP contribution in [0.4, 0.5) is 0 Å². The second kappa shape index (κ2) is 6.76. The Kier molecular flexibility index (Phi) is 4.52. The molecule has 3 heteroatoms. The summed E-state index contributed by atoms with van der Waals surface area (Å²) in [5.74, 6) is 0.164. The van der Waals surface area contributed by atoms with E-state index in [2.05, 4.69) is 36.4 Å². The highest BCUT2D eigenvalue weighted by molar-refractivity contribution is 5.14. The highest BCUT2D eigenvalue weighted by Gasteiger charge is 2.45. The number of ether oxygens (including phenoxy) is 3. The van der Waals surface area contributed by atoms with Gasteiger partial charge in [0, 0.05) is 18.8 Å². The Bertz CT molecular complexity index is 533. The molecule has 0 N–H and O–H groups in total. The largest absolute Gasteiger partial charge is 0.369 e. The Morgan fingerprint density at radius 3 is 2.70 bits per heavy atom. The van der Waals surface area contributed by atoms with E-state index in [0.717, 1.165) is 25.9 Å². The average molecular weight is 314 g/mol. The van der Waals surface area contributed by atoms with Crippen LogP contribution in [0, 0.1) is 5.92 Å². The lowest BCUT2D eigenvalue weighted by Crippen LogP contribution is -2.34. The molecule has 1 aliphatic heterocycles. The smallest absolute Gasteiger partial charge is 0.168 e. The first-order chi connectivity index (χ1) is 11.3. The predicted octanol–water partition coefficient (Wildman–Crippen LogP) is 4.22. The van der Waals surface area contributed by atoms with Gasteiger partial charge in [-0.3, -0.25) is 0 Å². The molecule has 2 aliphatic carbocycles.